The highest BCUT2D eigenvalue weighted by molar-refractivity contribution is 7.90. The Kier molecular flexibility index (Phi) is 2.58. The van der Waals surface area contributed by atoms with Crippen LogP contribution in [0.3, 0.4) is 0 Å². The van der Waals surface area contributed by atoms with Crippen LogP contribution in [0.4, 0.5) is 11.4 Å². The first-order valence-corrected chi connectivity index (χ1v) is 7.10. The van der Waals surface area contributed by atoms with Crippen LogP contribution in [-0.4, -0.2) is 34.3 Å². The molecule has 1 N–H and O–H groups in total. The summed E-state index contributed by atoms with van der Waals surface area (Å²) in [6.07, 6.45) is 1.24. The van der Waals surface area contributed by atoms with E-state index in [9.17, 15) is 8.42 Å². The molecule has 0 saturated carbocycles. The largest absolute Gasteiger partial charge is 0.380 e. The van der Waals surface area contributed by atoms with E-state index in [2.05, 4.69) is 17.1 Å². The molecule has 2 rings (SSSR count). The van der Waals surface area contributed by atoms with E-state index in [0.29, 0.717) is 10.9 Å². The second-order valence-electron chi connectivity index (χ2n) is 4.26. The first kappa shape index (κ1) is 11.3. The van der Waals surface area contributed by atoms with E-state index in [0.717, 1.165) is 17.9 Å². The van der Waals surface area contributed by atoms with Crippen LogP contribution in [0.5, 0.6) is 0 Å². The van der Waals surface area contributed by atoms with E-state index in [-0.39, 0.29) is 0 Å². The van der Waals surface area contributed by atoms with Crippen molar-refractivity contribution in [3.63, 3.8) is 0 Å². The molecule has 0 bridgehead atoms. The van der Waals surface area contributed by atoms with Gasteiger partial charge < -0.3 is 10.2 Å². The Morgan fingerprint density at radius 2 is 2.12 bits per heavy atom. The van der Waals surface area contributed by atoms with Crippen LogP contribution in [0.25, 0.3) is 0 Å². The van der Waals surface area contributed by atoms with E-state index in [1.165, 1.54) is 6.26 Å². The number of hydrogen-bond donors (Lipinski definition) is 1. The van der Waals surface area contributed by atoms with Gasteiger partial charge in [0.05, 0.1) is 16.3 Å². The molecule has 1 aliphatic rings. The summed E-state index contributed by atoms with van der Waals surface area (Å²) in [7, 11) is -1.19. The van der Waals surface area contributed by atoms with E-state index in [1.54, 1.807) is 12.1 Å². The van der Waals surface area contributed by atoms with Crippen molar-refractivity contribution in [3.8, 4) is 0 Å². The molecule has 0 aliphatic carbocycles. The van der Waals surface area contributed by atoms with Crippen molar-refractivity contribution in [2.24, 2.45) is 0 Å². The van der Waals surface area contributed by atoms with Gasteiger partial charge in [-0.15, -0.1) is 0 Å². The zero-order valence-electron chi connectivity index (χ0n) is 9.69. The molecule has 0 saturated heterocycles. The summed E-state index contributed by atoms with van der Waals surface area (Å²) in [6, 6.07) is 5.73. The van der Waals surface area contributed by atoms with E-state index in [4.69, 9.17) is 0 Å². The van der Waals surface area contributed by atoms with Crippen molar-refractivity contribution in [1.29, 1.82) is 0 Å². The van der Waals surface area contributed by atoms with Crippen LogP contribution < -0.4 is 10.2 Å². The zero-order chi connectivity index (χ0) is 11.9. The van der Waals surface area contributed by atoms with Crippen LogP contribution in [-0.2, 0) is 9.84 Å². The lowest BCUT2D eigenvalue weighted by atomic mass is 10.1. The third-order valence-corrected chi connectivity index (χ3v) is 4.16. The average Bonchev–Trinajstić information content (AvgIpc) is 2.21. The minimum atomic E-state index is -3.17. The second kappa shape index (κ2) is 3.66. The number of anilines is 2. The predicted octanol–water partition coefficient (Wildman–Crippen LogP) is 1.34. The quantitative estimate of drug-likeness (QED) is 0.805. The smallest absolute Gasteiger partial charge is 0.177 e. The molecule has 1 aliphatic heterocycles. The maximum atomic E-state index is 11.6. The van der Waals surface area contributed by atoms with Crippen LogP contribution in [0.15, 0.2) is 23.1 Å². The highest BCUT2D eigenvalue weighted by Crippen LogP contribution is 2.35. The molecule has 1 aromatic rings. The molecule has 0 spiro atoms. The first-order valence-electron chi connectivity index (χ1n) is 5.21. The summed E-state index contributed by atoms with van der Waals surface area (Å²) in [6.45, 7) is 2.86. The lowest BCUT2D eigenvalue weighted by Crippen LogP contribution is -2.39. The maximum absolute atomic E-state index is 11.6. The van der Waals surface area contributed by atoms with Crippen molar-refractivity contribution in [2.75, 3.05) is 30.1 Å². The zero-order valence-corrected chi connectivity index (χ0v) is 10.5. The molecule has 0 fully saturated rings. The normalized spacial score (nSPS) is 20.2. The molecule has 5 heteroatoms. The summed E-state index contributed by atoms with van der Waals surface area (Å²) < 4.78 is 23.3. The number of sulfone groups is 1. The molecular weight excluding hydrogens is 224 g/mol. The van der Waals surface area contributed by atoms with Gasteiger partial charge >= 0.3 is 0 Å². The number of hydrogen-bond acceptors (Lipinski definition) is 4. The van der Waals surface area contributed by atoms with Gasteiger partial charge in [0, 0.05) is 25.9 Å². The Balaban J connectivity index is 2.62. The van der Waals surface area contributed by atoms with E-state index in [1.807, 2.05) is 13.1 Å². The molecule has 0 radical (unpaired) electrons. The molecule has 16 heavy (non-hydrogen) atoms. The molecule has 1 unspecified atom stereocenters. The summed E-state index contributed by atoms with van der Waals surface area (Å²) in [5.74, 6) is 0. The van der Waals surface area contributed by atoms with Gasteiger partial charge in [-0.1, -0.05) is 6.07 Å². The molecule has 88 valence electrons. The van der Waals surface area contributed by atoms with Gasteiger partial charge in [0.25, 0.3) is 0 Å². The van der Waals surface area contributed by atoms with Gasteiger partial charge in [-0.05, 0) is 19.1 Å². The van der Waals surface area contributed by atoms with Crippen LogP contribution in [0.1, 0.15) is 6.92 Å². The second-order valence-corrected chi connectivity index (χ2v) is 6.25. The van der Waals surface area contributed by atoms with Gasteiger partial charge in [-0.3, -0.25) is 0 Å². The van der Waals surface area contributed by atoms with Gasteiger partial charge in [-0.2, -0.15) is 0 Å². The van der Waals surface area contributed by atoms with E-state index < -0.39 is 9.84 Å². The number of likely N-dealkylation sites (N-methyl/N-ethyl adjacent to an activating group) is 1. The van der Waals surface area contributed by atoms with Crippen LogP contribution >= 0.6 is 0 Å². The fraction of sp³-hybridized carbons (Fsp3) is 0.455. The van der Waals surface area contributed by atoms with E-state index >= 15 is 0 Å². The molecule has 0 aromatic heterocycles. The number of benzene rings is 1. The molecule has 1 aromatic carbocycles. The van der Waals surface area contributed by atoms with Crippen LogP contribution in [0, 0.1) is 0 Å². The highest BCUT2D eigenvalue weighted by atomic mass is 32.2. The lowest BCUT2D eigenvalue weighted by Gasteiger charge is -2.35. The minimum absolute atomic E-state index is 0.363. The Morgan fingerprint density at radius 1 is 1.44 bits per heavy atom. The number of rotatable bonds is 1. The minimum Gasteiger partial charge on any atom is -0.380 e. The lowest BCUT2D eigenvalue weighted by molar-refractivity contribution is 0.601. The van der Waals surface area contributed by atoms with Gasteiger partial charge in [-0.25, -0.2) is 8.42 Å². The van der Waals surface area contributed by atoms with Crippen LogP contribution in [0.2, 0.25) is 0 Å². The third-order valence-electron chi connectivity index (χ3n) is 3.02. The van der Waals surface area contributed by atoms with Crippen molar-refractivity contribution < 1.29 is 8.42 Å². The van der Waals surface area contributed by atoms with Gasteiger partial charge in [0.1, 0.15) is 0 Å². The molecule has 4 nitrogen and oxygen atoms in total. The van der Waals surface area contributed by atoms with Crippen molar-refractivity contribution in [2.45, 2.75) is 17.9 Å². The Hall–Kier alpha value is -1.23. The summed E-state index contributed by atoms with van der Waals surface area (Å²) in [5, 5.41) is 3.20. The predicted molar refractivity (Wildman–Crippen MR) is 65.9 cm³/mol. The van der Waals surface area contributed by atoms with Gasteiger partial charge in [0.15, 0.2) is 9.84 Å². The number of fused-ring (bicyclic) bond motifs is 1. The summed E-state index contributed by atoms with van der Waals surface area (Å²) in [4.78, 5) is 2.48. The number of para-hydroxylation sites is 1. The monoisotopic (exact) mass is 240 g/mol. The first-order chi connectivity index (χ1) is 7.41. The highest BCUT2D eigenvalue weighted by Gasteiger charge is 2.24. The molecule has 0 amide bonds. The van der Waals surface area contributed by atoms with Crippen molar-refractivity contribution in [1.82, 2.24) is 0 Å². The molecular formula is C11H16N2O2S. The molecule has 1 heterocycles. The van der Waals surface area contributed by atoms with Crippen molar-refractivity contribution in [3.05, 3.63) is 18.2 Å². The summed E-state index contributed by atoms with van der Waals surface area (Å²) >= 11 is 0. The topological polar surface area (TPSA) is 49.4 Å². The fourth-order valence-electron chi connectivity index (χ4n) is 1.92. The Morgan fingerprint density at radius 3 is 2.75 bits per heavy atom. The maximum Gasteiger partial charge on any atom is 0.177 e. The third kappa shape index (κ3) is 1.75. The SMILES string of the molecule is CC1CNc2c(cccc2S(C)(=O)=O)N1C. The number of nitrogens with one attached hydrogen (secondary N) is 1. The molecule has 1 atom stereocenters. The number of nitrogens with zero attached hydrogens (tertiary/aromatic N) is 1. The van der Waals surface area contributed by atoms with Gasteiger partial charge in [0.2, 0.25) is 0 Å². The summed E-state index contributed by atoms with van der Waals surface area (Å²) in [5.41, 5.74) is 1.67. The Bertz CT molecular complexity index is 511. The fourth-order valence-corrected chi connectivity index (χ4v) is 2.80. The van der Waals surface area contributed by atoms with Crippen molar-refractivity contribution >= 4 is 21.2 Å². The standard InChI is InChI=1S/C11H16N2O2S/c1-8-7-12-11-9(13(8)2)5-4-6-10(11)16(3,14)15/h4-6,8,12H,7H2,1-3H3. The Labute approximate surface area is 96.2 Å². The average molecular weight is 240 g/mol.